The van der Waals surface area contributed by atoms with Gasteiger partial charge in [0.2, 0.25) is 0 Å². The minimum atomic E-state index is -0.800. The van der Waals surface area contributed by atoms with E-state index in [0.29, 0.717) is 0 Å². The third-order valence-electron chi connectivity index (χ3n) is 2.01. The second-order valence-electron chi connectivity index (χ2n) is 2.92. The van der Waals surface area contributed by atoms with Crippen LogP contribution >= 0.6 is 0 Å². The predicted octanol–water partition coefficient (Wildman–Crippen LogP) is 1.03. The minimum absolute atomic E-state index is 0.257. The summed E-state index contributed by atoms with van der Waals surface area (Å²) in [5.74, 6) is 0.756. The molecule has 0 spiro atoms. The van der Waals surface area contributed by atoms with E-state index in [1.807, 2.05) is 13.0 Å². The van der Waals surface area contributed by atoms with Crippen LogP contribution in [0, 0.1) is 6.92 Å². The fourth-order valence-corrected chi connectivity index (χ4v) is 1.25. The summed E-state index contributed by atoms with van der Waals surface area (Å²) in [5, 5.41) is 18.1. The van der Waals surface area contributed by atoms with Crippen LogP contribution < -0.4 is 4.74 Å². The van der Waals surface area contributed by atoms with Crippen molar-refractivity contribution in [1.82, 2.24) is 0 Å². The largest absolute Gasteiger partial charge is 0.497 e. The fraction of sp³-hybridized carbons (Fsp3) is 0.400. The highest BCUT2D eigenvalue weighted by Gasteiger charge is 2.08. The molecule has 0 bridgehead atoms. The second-order valence-corrected chi connectivity index (χ2v) is 2.92. The van der Waals surface area contributed by atoms with Crippen LogP contribution in [-0.2, 0) is 0 Å². The molecular weight excluding hydrogens is 168 g/mol. The van der Waals surface area contributed by atoms with Crippen LogP contribution in [0.3, 0.4) is 0 Å². The number of ether oxygens (including phenoxy) is 1. The molecule has 72 valence electrons. The summed E-state index contributed by atoms with van der Waals surface area (Å²) in [6.45, 7) is 1.61. The van der Waals surface area contributed by atoms with E-state index in [2.05, 4.69) is 0 Å². The smallest absolute Gasteiger partial charge is 0.119 e. The summed E-state index contributed by atoms with van der Waals surface area (Å²) < 4.78 is 5.02. The zero-order valence-electron chi connectivity index (χ0n) is 7.82. The molecule has 0 amide bonds. The molecule has 1 aromatic rings. The summed E-state index contributed by atoms with van der Waals surface area (Å²) in [4.78, 5) is 0. The van der Waals surface area contributed by atoms with Crippen LogP contribution in [-0.4, -0.2) is 23.9 Å². The summed E-state index contributed by atoms with van der Waals surface area (Å²) >= 11 is 0. The van der Waals surface area contributed by atoms with Crippen LogP contribution in [0.5, 0.6) is 5.75 Å². The van der Waals surface area contributed by atoms with Crippen molar-refractivity contribution in [3.8, 4) is 5.75 Å². The van der Waals surface area contributed by atoms with Crippen LogP contribution in [0.15, 0.2) is 18.2 Å². The summed E-state index contributed by atoms with van der Waals surface area (Å²) in [6, 6.07) is 5.35. The lowest BCUT2D eigenvalue weighted by Crippen LogP contribution is -2.04. The molecule has 1 atom stereocenters. The van der Waals surface area contributed by atoms with Gasteiger partial charge in [-0.25, -0.2) is 0 Å². The molecule has 13 heavy (non-hydrogen) atoms. The van der Waals surface area contributed by atoms with E-state index in [1.54, 1.807) is 19.2 Å². The van der Waals surface area contributed by atoms with Gasteiger partial charge in [0.15, 0.2) is 0 Å². The molecule has 0 saturated carbocycles. The second kappa shape index (κ2) is 4.25. The van der Waals surface area contributed by atoms with Gasteiger partial charge in [-0.15, -0.1) is 0 Å². The first-order valence-corrected chi connectivity index (χ1v) is 4.12. The average molecular weight is 182 g/mol. The van der Waals surface area contributed by atoms with E-state index in [4.69, 9.17) is 9.84 Å². The van der Waals surface area contributed by atoms with E-state index in [0.717, 1.165) is 16.9 Å². The van der Waals surface area contributed by atoms with E-state index in [-0.39, 0.29) is 6.61 Å². The molecule has 0 aliphatic heterocycles. The lowest BCUT2D eigenvalue weighted by molar-refractivity contribution is 0.0951. The molecule has 0 heterocycles. The molecule has 0 radical (unpaired) electrons. The van der Waals surface area contributed by atoms with Crippen molar-refractivity contribution in [2.75, 3.05) is 13.7 Å². The first-order chi connectivity index (χ1) is 6.19. The summed E-state index contributed by atoms with van der Waals surface area (Å²) in [5.41, 5.74) is 1.66. The van der Waals surface area contributed by atoms with Crippen LogP contribution in [0.2, 0.25) is 0 Å². The highest BCUT2D eigenvalue weighted by molar-refractivity contribution is 5.35. The zero-order chi connectivity index (χ0) is 9.84. The molecule has 2 N–H and O–H groups in total. The van der Waals surface area contributed by atoms with Gasteiger partial charge < -0.3 is 14.9 Å². The number of benzene rings is 1. The molecule has 3 heteroatoms. The Balaban J connectivity index is 2.98. The van der Waals surface area contributed by atoms with Gasteiger partial charge in [0.25, 0.3) is 0 Å². The van der Waals surface area contributed by atoms with Gasteiger partial charge in [-0.3, -0.25) is 0 Å². The summed E-state index contributed by atoms with van der Waals surface area (Å²) in [6.07, 6.45) is -0.800. The van der Waals surface area contributed by atoms with Crippen LogP contribution in [0.1, 0.15) is 17.2 Å². The molecule has 0 fully saturated rings. The molecule has 3 nitrogen and oxygen atoms in total. The number of aliphatic hydroxyl groups excluding tert-OH is 2. The molecule has 1 unspecified atom stereocenters. The Morgan fingerprint density at radius 1 is 1.46 bits per heavy atom. The van der Waals surface area contributed by atoms with Gasteiger partial charge in [-0.05, 0) is 30.2 Å². The van der Waals surface area contributed by atoms with Gasteiger partial charge in [0, 0.05) is 0 Å². The normalized spacial score (nSPS) is 12.6. The Kier molecular flexibility index (Phi) is 3.28. The van der Waals surface area contributed by atoms with Gasteiger partial charge in [-0.2, -0.15) is 0 Å². The number of hydrogen-bond acceptors (Lipinski definition) is 3. The van der Waals surface area contributed by atoms with E-state index < -0.39 is 6.10 Å². The van der Waals surface area contributed by atoms with Gasteiger partial charge in [0.1, 0.15) is 11.9 Å². The molecule has 0 aromatic heterocycles. The minimum Gasteiger partial charge on any atom is -0.497 e. The SMILES string of the molecule is COc1ccc(C(O)CO)c(C)c1. The Bertz CT molecular complexity index is 283. The molecule has 1 rings (SSSR count). The third kappa shape index (κ3) is 2.20. The van der Waals surface area contributed by atoms with Gasteiger partial charge >= 0.3 is 0 Å². The number of hydrogen-bond donors (Lipinski definition) is 2. The van der Waals surface area contributed by atoms with Crippen molar-refractivity contribution >= 4 is 0 Å². The zero-order valence-corrected chi connectivity index (χ0v) is 7.82. The Labute approximate surface area is 77.6 Å². The van der Waals surface area contributed by atoms with Crippen molar-refractivity contribution in [3.05, 3.63) is 29.3 Å². The number of aliphatic hydroxyl groups is 2. The van der Waals surface area contributed by atoms with Crippen molar-refractivity contribution in [2.24, 2.45) is 0 Å². The summed E-state index contributed by atoms with van der Waals surface area (Å²) in [7, 11) is 1.59. The van der Waals surface area contributed by atoms with Crippen molar-refractivity contribution < 1.29 is 14.9 Å². The van der Waals surface area contributed by atoms with E-state index in [1.165, 1.54) is 0 Å². The Morgan fingerprint density at radius 2 is 2.15 bits per heavy atom. The Morgan fingerprint density at radius 3 is 2.62 bits per heavy atom. The lowest BCUT2D eigenvalue weighted by atomic mass is 10.0. The van der Waals surface area contributed by atoms with Gasteiger partial charge in [0.05, 0.1) is 13.7 Å². The first-order valence-electron chi connectivity index (χ1n) is 4.12. The highest BCUT2D eigenvalue weighted by Crippen LogP contribution is 2.21. The lowest BCUT2D eigenvalue weighted by Gasteiger charge is -2.11. The van der Waals surface area contributed by atoms with Crippen molar-refractivity contribution in [3.63, 3.8) is 0 Å². The van der Waals surface area contributed by atoms with Crippen LogP contribution in [0.4, 0.5) is 0 Å². The molecule has 1 aromatic carbocycles. The number of aryl methyl sites for hydroxylation is 1. The maximum absolute atomic E-state index is 9.38. The van der Waals surface area contributed by atoms with Crippen molar-refractivity contribution in [1.29, 1.82) is 0 Å². The van der Waals surface area contributed by atoms with Gasteiger partial charge in [-0.1, -0.05) is 6.07 Å². The molecule has 0 aliphatic rings. The monoisotopic (exact) mass is 182 g/mol. The highest BCUT2D eigenvalue weighted by atomic mass is 16.5. The fourth-order valence-electron chi connectivity index (χ4n) is 1.25. The number of rotatable bonds is 3. The maximum Gasteiger partial charge on any atom is 0.119 e. The maximum atomic E-state index is 9.38. The van der Waals surface area contributed by atoms with E-state index in [9.17, 15) is 5.11 Å². The predicted molar refractivity (Wildman–Crippen MR) is 49.8 cm³/mol. The number of methoxy groups -OCH3 is 1. The quantitative estimate of drug-likeness (QED) is 0.734. The van der Waals surface area contributed by atoms with E-state index >= 15 is 0 Å². The average Bonchev–Trinajstić information content (AvgIpc) is 2.16. The molecule has 0 saturated heterocycles. The molecule has 0 aliphatic carbocycles. The topological polar surface area (TPSA) is 49.7 Å². The van der Waals surface area contributed by atoms with Crippen molar-refractivity contribution in [2.45, 2.75) is 13.0 Å². The molecular formula is C10H14O3. The first kappa shape index (κ1) is 10.0. The third-order valence-corrected chi connectivity index (χ3v) is 2.01. The van der Waals surface area contributed by atoms with Crippen LogP contribution in [0.25, 0.3) is 0 Å². The standard InChI is InChI=1S/C10H14O3/c1-7-5-8(13-2)3-4-9(7)10(12)6-11/h3-5,10-12H,6H2,1-2H3. The Hall–Kier alpha value is -1.06.